The molecule has 1 amide bonds. The van der Waals surface area contributed by atoms with Crippen molar-refractivity contribution in [2.45, 2.75) is 19.5 Å². The minimum atomic E-state index is 0.148. The van der Waals surface area contributed by atoms with Crippen LogP contribution in [0.3, 0.4) is 0 Å². The SMILES string of the molecule is CC1c2cccn2CCN1C(=O)CN1CCN(c2ncccn2)CC1. The monoisotopic (exact) mass is 340 g/mol. The van der Waals surface area contributed by atoms with Gasteiger partial charge in [0.1, 0.15) is 0 Å². The summed E-state index contributed by atoms with van der Waals surface area (Å²) in [7, 11) is 0. The first-order chi connectivity index (χ1) is 12.2. The highest BCUT2D eigenvalue weighted by atomic mass is 16.2. The van der Waals surface area contributed by atoms with E-state index < -0.39 is 0 Å². The highest BCUT2D eigenvalue weighted by molar-refractivity contribution is 5.79. The van der Waals surface area contributed by atoms with E-state index in [1.165, 1.54) is 5.69 Å². The van der Waals surface area contributed by atoms with Crippen molar-refractivity contribution in [2.75, 3.05) is 44.2 Å². The van der Waals surface area contributed by atoms with E-state index in [1.807, 2.05) is 11.0 Å². The lowest BCUT2D eigenvalue weighted by Crippen LogP contribution is -2.51. The molecule has 0 saturated carbocycles. The Bertz CT molecular complexity index is 722. The van der Waals surface area contributed by atoms with E-state index >= 15 is 0 Å². The van der Waals surface area contributed by atoms with Crippen LogP contribution < -0.4 is 4.90 Å². The normalized spacial score (nSPS) is 21.2. The lowest BCUT2D eigenvalue weighted by atomic mass is 10.1. The number of hydrogen-bond acceptors (Lipinski definition) is 5. The molecule has 2 aliphatic rings. The molecule has 1 atom stereocenters. The molecule has 1 saturated heterocycles. The molecule has 0 spiro atoms. The fourth-order valence-corrected chi connectivity index (χ4v) is 3.76. The van der Waals surface area contributed by atoms with Crippen LogP contribution in [-0.2, 0) is 11.3 Å². The van der Waals surface area contributed by atoms with E-state index in [1.54, 1.807) is 12.4 Å². The number of aromatic nitrogens is 3. The topological polar surface area (TPSA) is 57.5 Å². The summed E-state index contributed by atoms with van der Waals surface area (Å²) in [6.45, 7) is 7.73. The van der Waals surface area contributed by atoms with Crippen molar-refractivity contribution in [3.63, 3.8) is 0 Å². The van der Waals surface area contributed by atoms with Gasteiger partial charge in [0.2, 0.25) is 11.9 Å². The van der Waals surface area contributed by atoms with Crippen molar-refractivity contribution in [3.8, 4) is 0 Å². The molecule has 1 unspecified atom stereocenters. The van der Waals surface area contributed by atoms with Gasteiger partial charge in [0, 0.05) is 63.6 Å². The fraction of sp³-hybridized carbons (Fsp3) is 0.500. The fourth-order valence-electron chi connectivity index (χ4n) is 3.76. The number of piperazine rings is 1. The zero-order valence-electron chi connectivity index (χ0n) is 14.6. The van der Waals surface area contributed by atoms with Gasteiger partial charge < -0.3 is 14.4 Å². The summed E-state index contributed by atoms with van der Waals surface area (Å²) in [5, 5.41) is 0. The van der Waals surface area contributed by atoms with Crippen molar-refractivity contribution in [3.05, 3.63) is 42.5 Å². The van der Waals surface area contributed by atoms with Crippen molar-refractivity contribution in [1.82, 2.24) is 24.3 Å². The lowest BCUT2D eigenvalue weighted by molar-refractivity contribution is -0.135. The molecule has 4 heterocycles. The van der Waals surface area contributed by atoms with Crippen molar-refractivity contribution in [1.29, 1.82) is 0 Å². The molecule has 25 heavy (non-hydrogen) atoms. The Hall–Kier alpha value is -2.41. The van der Waals surface area contributed by atoms with E-state index in [0.29, 0.717) is 6.54 Å². The molecule has 1 fully saturated rings. The first kappa shape index (κ1) is 16.1. The van der Waals surface area contributed by atoms with Crippen LogP contribution in [0.25, 0.3) is 0 Å². The van der Waals surface area contributed by atoms with Gasteiger partial charge in [0.15, 0.2) is 0 Å². The zero-order chi connectivity index (χ0) is 17.2. The second-order valence-electron chi connectivity index (χ2n) is 6.70. The van der Waals surface area contributed by atoms with Crippen LogP contribution in [0.2, 0.25) is 0 Å². The van der Waals surface area contributed by atoms with Crippen molar-refractivity contribution in [2.24, 2.45) is 0 Å². The molecule has 132 valence electrons. The smallest absolute Gasteiger partial charge is 0.237 e. The van der Waals surface area contributed by atoms with Crippen LogP contribution in [-0.4, -0.2) is 69.5 Å². The van der Waals surface area contributed by atoms with Crippen LogP contribution in [0, 0.1) is 0 Å². The number of fused-ring (bicyclic) bond motifs is 1. The summed E-state index contributed by atoms with van der Waals surface area (Å²) in [5.74, 6) is 1.00. The summed E-state index contributed by atoms with van der Waals surface area (Å²) < 4.78 is 2.24. The Kier molecular flexibility index (Phi) is 4.40. The molecule has 0 N–H and O–H groups in total. The first-order valence-corrected chi connectivity index (χ1v) is 8.91. The highest BCUT2D eigenvalue weighted by Crippen LogP contribution is 2.25. The van der Waals surface area contributed by atoms with Gasteiger partial charge in [-0.3, -0.25) is 9.69 Å². The second-order valence-corrected chi connectivity index (χ2v) is 6.70. The van der Waals surface area contributed by atoms with Gasteiger partial charge in [0.05, 0.1) is 12.6 Å². The zero-order valence-corrected chi connectivity index (χ0v) is 14.6. The van der Waals surface area contributed by atoms with Crippen molar-refractivity contribution >= 4 is 11.9 Å². The highest BCUT2D eigenvalue weighted by Gasteiger charge is 2.29. The van der Waals surface area contributed by atoms with E-state index in [2.05, 4.69) is 49.6 Å². The van der Waals surface area contributed by atoms with Crippen molar-refractivity contribution < 1.29 is 4.79 Å². The number of carbonyl (C=O) groups is 1. The van der Waals surface area contributed by atoms with Crippen LogP contribution in [0.4, 0.5) is 5.95 Å². The Morgan fingerprint density at radius 3 is 2.60 bits per heavy atom. The lowest BCUT2D eigenvalue weighted by Gasteiger charge is -2.38. The molecule has 0 radical (unpaired) electrons. The summed E-state index contributed by atoms with van der Waals surface area (Å²) in [6, 6.07) is 6.15. The molecule has 7 heteroatoms. The second kappa shape index (κ2) is 6.84. The van der Waals surface area contributed by atoms with E-state index in [-0.39, 0.29) is 11.9 Å². The van der Waals surface area contributed by atoms with Gasteiger partial charge in [-0.05, 0) is 25.1 Å². The predicted octanol–water partition coefficient (Wildman–Crippen LogP) is 1.00. The Balaban J connectivity index is 1.32. The molecule has 2 aromatic heterocycles. The van der Waals surface area contributed by atoms with Crippen LogP contribution in [0.5, 0.6) is 0 Å². The summed E-state index contributed by atoms with van der Waals surface area (Å²) in [6.07, 6.45) is 5.64. The average molecular weight is 340 g/mol. The first-order valence-electron chi connectivity index (χ1n) is 8.91. The molecule has 2 aromatic rings. The molecular weight excluding hydrogens is 316 g/mol. The van der Waals surface area contributed by atoms with Crippen LogP contribution in [0.15, 0.2) is 36.8 Å². The molecule has 0 aliphatic carbocycles. The third-order valence-electron chi connectivity index (χ3n) is 5.23. The van der Waals surface area contributed by atoms with Gasteiger partial charge in [-0.1, -0.05) is 0 Å². The summed E-state index contributed by atoms with van der Waals surface area (Å²) >= 11 is 0. The minimum absolute atomic E-state index is 0.148. The van der Waals surface area contributed by atoms with Gasteiger partial charge >= 0.3 is 0 Å². The van der Waals surface area contributed by atoms with Crippen LogP contribution >= 0.6 is 0 Å². The maximum atomic E-state index is 12.8. The largest absolute Gasteiger partial charge is 0.348 e. The maximum absolute atomic E-state index is 12.8. The number of hydrogen-bond donors (Lipinski definition) is 0. The van der Waals surface area contributed by atoms with Gasteiger partial charge in [0.25, 0.3) is 0 Å². The summed E-state index contributed by atoms with van der Waals surface area (Å²) in [4.78, 5) is 27.8. The molecule has 0 aromatic carbocycles. The number of anilines is 1. The predicted molar refractivity (Wildman–Crippen MR) is 95.2 cm³/mol. The Morgan fingerprint density at radius 2 is 1.84 bits per heavy atom. The number of rotatable bonds is 3. The van der Waals surface area contributed by atoms with E-state index in [0.717, 1.165) is 45.2 Å². The van der Waals surface area contributed by atoms with Crippen LogP contribution in [0.1, 0.15) is 18.7 Å². The van der Waals surface area contributed by atoms with E-state index in [9.17, 15) is 4.79 Å². The third kappa shape index (κ3) is 3.24. The maximum Gasteiger partial charge on any atom is 0.237 e. The third-order valence-corrected chi connectivity index (χ3v) is 5.23. The number of amides is 1. The Labute approximate surface area is 147 Å². The minimum Gasteiger partial charge on any atom is -0.348 e. The molecule has 0 bridgehead atoms. The molecular formula is C18H24N6O. The number of carbonyl (C=O) groups excluding carboxylic acids is 1. The average Bonchev–Trinajstić information content (AvgIpc) is 3.13. The molecule has 7 nitrogen and oxygen atoms in total. The van der Waals surface area contributed by atoms with Gasteiger partial charge in [-0.25, -0.2) is 9.97 Å². The van der Waals surface area contributed by atoms with Gasteiger partial charge in [-0.15, -0.1) is 0 Å². The van der Waals surface area contributed by atoms with Gasteiger partial charge in [-0.2, -0.15) is 0 Å². The number of nitrogens with zero attached hydrogens (tertiary/aromatic N) is 6. The molecule has 2 aliphatic heterocycles. The molecule has 4 rings (SSSR count). The summed E-state index contributed by atoms with van der Waals surface area (Å²) in [5.41, 5.74) is 1.23. The van der Waals surface area contributed by atoms with E-state index in [4.69, 9.17) is 0 Å². The standard InChI is InChI=1S/C18H24N6O/c1-15-16-4-2-7-22(16)12-13-24(15)17(25)14-21-8-10-23(11-9-21)18-19-5-3-6-20-18/h2-7,15H,8-14H2,1H3. The quantitative estimate of drug-likeness (QED) is 0.834. The Morgan fingerprint density at radius 1 is 1.08 bits per heavy atom.